The summed E-state index contributed by atoms with van der Waals surface area (Å²) < 4.78 is 13.1. The second-order valence-electron chi connectivity index (χ2n) is 8.64. The molecule has 2 aliphatic rings. The zero-order valence-corrected chi connectivity index (χ0v) is 18.6. The minimum atomic E-state index is -0.663. The Morgan fingerprint density at radius 1 is 0.844 bits per heavy atom. The number of para-hydroxylation sites is 3. The fraction of sp³-hybridized carbons (Fsp3) is 0.321. The first-order valence-electron chi connectivity index (χ1n) is 11.5. The van der Waals surface area contributed by atoms with Crippen molar-refractivity contribution < 1.29 is 9.47 Å². The Balaban J connectivity index is 1.64. The third-order valence-electron chi connectivity index (χ3n) is 6.52. The third-order valence-corrected chi connectivity index (χ3v) is 6.52. The molecule has 1 unspecified atom stereocenters. The van der Waals surface area contributed by atoms with Gasteiger partial charge >= 0.3 is 0 Å². The fourth-order valence-corrected chi connectivity index (χ4v) is 5.01. The first-order valence-corrected chi connectivity index (χ1v) is 11.5. The highest BCUT2D eigenvalue weighted by Crippen LogP contribution is 2.36. The number of benzene rings is 3. The smallest absolute Gasteiger partial charge is 0.163 e. The molecule has 0 radical (unpaired) electrons. The number of hydrogen-bond acceptors (Lipinski definition) is 4. The van der Waals surface area contributed by atoms with Crippen molar-refractivity contribution >= 4 is 17.1 Å². The van der Waals surface area contributed by atoms with Crippen molar-refractivity contribution in [1.82, 2.24) is 0 Å². The van der Waals surface area contributed by atoms with Crippen molar-refractivity contribution in [3.63, 3.8) is 0 Å². The van der Waals surface area contributed by atoms with Crippen LogP contribution in [-0.4, -0.2) is 31.9 Å². The fourth-order valence-electron chi connectivity index (χ4n) is 5.01. The molecule has 0 bridgehead atoms. The minimum absolute atomic E-state index is 0.231. The molecule has 32 heavy (non-hydrogen) atoms. The van der Waals surface area contributed by atoms with Crippen molar-refractivity contribution in [3.05, 3.63) is 95.5 Å². The van der Waals surface area contributed by atoms with E-state index in [0.29, 0.717) is 13.1 Å². The summed E-state index contributed by atoms with van der Waals surface area (Å²) in [7, 11) is 1.76. The van der Waals surface area contributed by atoms with Crippen LogP contribution in [0.25, 0.3) is 5.76 Å². The Morgan fingerprint density at radius 2 is 1.44 bits per heavy atom. The molecule has 3 aromatic carbocycles. The highest BCUT2D eigenvalue weighted by Gasteiger charge is 2.44. The number of fused-ring (bicyclic) bond motifs is 1. The number of methoxy groups -OCH3 is 1. The van der Waals surface area contributed by atoms with Crippen molar-refractivity contribution in [2.24, 2.45) is 4.99 Å². The van der Waals surface area contributed by atoms with Gasteiger partial charge in [0.15, 0.2) is 5.60 Å². The SMILES string of the molecule is COC1=c2ccccc2=NCC1(CN(c1ccccc1)c1ccccc1)OC1CCCC1. The van der Waals surface area contributed by atoms with E-state index in [2.05, 4.69) is 77.7 Å². The predicted molar refractivity (Wildman–Crippen MR) is 128 cm³/mol. The van der Waals surface area contributed by atoms with Gasteiger partial charge in [-0.25, -0.2) is 0 Å². The zero-order chi connectivity index (χ0) is 21.8. The molecule has 4 nitrogen and oxygen atoms in total. The Morgan fingerprint density at radius 3 is 2.06 bits per heavy atom. The van der Waals surface area contributed by atoms with Crippen LogP contribution in [0.3, 0.4) is 0 Å². The second-order valence-corrected chi connectivity index (χ2v) is 8.64. The summed E-state index contributed by atoms with van der Waals surface area (Å²) in [5, 5.41) is 2.00. The summed E-state index contributed by atoms with van der Waals surface area (Å²) in [6.45, 7) is 1.17. The van der Waals surface area contributed by atoms with E-state index < -0.39 is 5.60 Å². The maximum absolute atomic E-state index is 6.98. The molecule has 3 aromatic rings. The Hall–Kier alpha value is -3.11. The van der Waals surface area contributed by atoms with E-state index in [1.165, 1.54) is 12.8 Å². The Bertz CT molecular complexity index is 1120. The van der Waals surface area contributed by atoms with E-state index in [4.69, 9.17) is 14.5 Å². The molecule has 164 valence electrons. The lowest BCUT2D eigenvalue weighted by atomic mass is 9.94. The molecule has 1 saturated carbocycles. The van der Waals surface area contributed by atoms with E-state index in [-0.39, 0.29) is 6.10 Å². The van der Waals surface area contributed by atoms with E-state index in [1.807, 2.05) is 12.1 Å². The zero-order valence-electron chi connectivity index (χ0n) is 18.6. The van der Waals surface area contributed by atoms with Gasteiger partial charge in [-0.3, -0.25) is 4.99 Å². The van der Waals surface area contributed by atoms with E-state index in [1.54, 1.807) is 7.11 Å². The first-order chi connectivity index (χ1) is 15.8. The predicted octanol–water partition coefficient (Wildman–Crippen LogP) is 4.61. The Kier molecular flexibility index (Phi) is 5.95. The number of anilines is 2. The number of ether oxygens (including phenoxy) is 2. The molecule has 0 N–H and O–H groups in total. The highest BCUT2D eigenvalue weighted by atomic mass is 16.6. The Labute approximate surface area is 189 Å². The van der Waals surface area contributed by atoms with Crippen LogP contribution < -0.4 is 15.5 Å². The summed E-state index contributed by atoms with van der Waals surface area (Å²) in [5.41, 5.74) is 1.59. The van der Waals surface area contributed by atoms with Crippen LogP contribution in [-0.2, 0) is 9.47 Å². The van der Waals surface area contributed by atoms with Gasteiger partial charge in [-0.05, 0) is 49.2 Å². The van der Waals surface area contributed by atoms with Crippen LogP contribution in [0, 0.1) is 0 Å². The van der Waals surface area contributed by atoms with E-state index in [9.17, 15) is 0 Å². The summed E-state index contributed by atoms with van der Waals surface area (Å²) in [6.07, 6.45) is 4.86. The molecule has 1 atom stereocenters. The van der Waals surface area contributed by atoms with Gasteiger partial charge in [0.1, 0.15) is 5.76 Å². The minimum Gasteiger partial charge on any atom is -0.497 e. The van der Waals surface area contributed by atoms with Crippen LogP contribution in [0.2, 0.25) is 0 Å². The van der Waals surface area contributed by atoms with Crippen molar-refractivity contribution in [1.29, 1.82) is 0 Å². The average Bonchev–Trinajstić information content (AvgIpc) is 3.36. The van der Waals surface area contributed by atoms with Gasteiger partial charge < -0.3 is 14.4 Å². The molecule has 0 aromatic heterocycles. The maximum atomic E-state index is 6.98. The summed E-state index contributed by atoms with van der Waals surface area (Å²) in [5.74, 6) is 0.881. The van der Waals surface area contributed by atoms with Gasteiger partial charge in [-0.15, -0.1) is 0 Å². The molecule has 1 aliphatic carbocycles. The van der Waals surface area contributed by atoms with Crippen LogP contribution in [0.4, 0.5) is 11.4 Å². The molecular formula is C28H30N2O2. The molecule has 0 spiro atoms. The maximum Gasteiger partial charge on any atom is 0.163 e. The number of nitrogens with zero attached hydrogens (tertiary/aromatic N) is 2. The molecular weight excluding hydrogens is 396 g/mol. The number of rotatable bonds is 7. The molecule has 4 heteroatoms. The number of hydrogen-bond donors (Lipinski definition) is 0. The summed E-state index contributed by atoms with van der Waals surface area (Å²) in [4.78, 5) is 7.31. The van der Waals surface area contributed by atoms with Gasteiger partial charge in [0.25, 0.3) is 0 Å². The quantitative estimate of drug-likeness (QED) is 0.553. The normalized spacial score (nSPS) is 20.5. The van der Waals surface area contributed by atoms with Gasteiger partial charge in [-0.2, -0.15) is 0 Å². The standard InChI is InChI=1S/C28H30N2O2/c1-31-27-25-18-10-11-19-26(25)29-20-28(27,32-24-16-8-9-17-24)21-30(22-12-4-2-5-13-22)23-14-6-3-7-15-23/h2-7,10-15,18-19,24H,8-9,16-17,20-21H2,1H3. The van der Waals surface area contributed by atoms with Crippen LogP contribution >= 0.6 is 0 Å². The molecule has 1 aliphatic heterocycles. The average molecular weight is 427 g/mol. The summed E-state index contributed by atoms with van der Waals surface area (Å²) in [6, 6.07) is 29.3. The van der Waals surface area contributed by atoms with Gasteiger partial charge in [0.2, 0.25) is 0 Å². The molecule has 1 fully saturated rings. The van der Waals surface area contributed by atoms with E-state index >= 15 is 0 Å². The van der Waals surface area contributed by atoms with Gasteiger partial charge in [-0.1, -0.05) is 61.4 Å². The third kappa shape index (κ3) is 4.03. The summed E-state index contributed by atoms with van der Waals surface area (Å²) >= 11 is 0. The molecule has 5 rings (SSSR count). The lowest BCUT2D eigenvalue weighted by Gasteiger charge is -2.41. The van der Waals surface area contributed by atoms with Crippen LogP contribution in [0.1, 0.15) is 25.7 Å². The first kappa shape index (κ1) is 20.8. The molecule has 0 amide bonds. The molecule has 0 saturated heterocycles. The van der Waals surface area contributed by atoms with E-state index in [0.717, 1.165) is 40.6 Å². The van der Waals surface area contributed by atoms with Crippen molar-refractivity contribution in [2.45, 2.75) is 37.4 Å². The highest BCUT2D eigenvalue weighted by molar-refractivity contribution is 5.65. The van der Waals surface area contributed by atoms with Crippen LogP contribution in [0.5, 0.6) is 0 Å². The second kappa shape index (κ2) is 9.17. The van der Waals surface area contributed by atoms with Crippen molar-refractivity contribution in [3.8, 4) is 0 Å². The lowest BCUT2D eigenvalue weighted by molar-refractivity contribution is -0.0595. The van der Waals surface area contributed by atoms with Crippen LogP contribution in [0.15, 0.2) is 89.9 Å². The largest absolute Gasteiger partial charge is 0.497 e. The molecule has 1 heterocycles. The van der Waals surface area contributed by atoms with Gasteiger partial charge in [0, 0.05) is 16.6 Å². The monoisotopic (exact) mass is 426 g/mol. The topological polar surface area (TPSA) is 34.1 Å². The lowest BCUT2D eigenvalue weighted by Crippen LogP contribution is -2.55. The van der Waals surface area contributed by atoms with Gasteiger partial charge in [0.05, 0.1) is 31.7 Å². The van der Waals surface area contributed by atoms with Crippen molar-refractivity contribution in [2.75, 3.05) is 25.1 Å².